The summed E-state index contributed by atoms with van der Waals surface area (Å²) in [7, 11) is 0. The number of hydrogen-bond donors (Lipinski definition) is 4. The molecule has 1 atom stereocenters. The van der Waals surface area contributed by atoms with Crippen LogP contribution in [-0.4, -0.2) is 29.7 Å². The molecule has 0 spiro atoms. The Morgan fingerprint density at radius 3 is 2.41 bits per heavy atom. The SMILES string of the molecule is CCC(N=C(N)N)NC(=O)C(=O)c1cc(Br)ccc1NC(=O)c1ccc2ccccc2c1. The lowest BCUT2D eigenvalue weighted by Crippen LogP contribution is -2.40. The fourth-order valence-corrected chi connectivity index (χ4v) is 3.44. The number of Topliss-reactive ketones (excluding diaryl/α,β-unsaturated/α-hetero) is 1. The highest BCUT2D eigenvalue weighted by atomic mass is 79.9. The first kappa shape index (κ1) is 23.0. The fraction of sp³-hybridized carbons (Fsp3) is 0.130. The number of nitrogens with one attached hydrogen (secondary N) is 2. The molecule has 32 heavy (non-hydrogen) atoms. The topological polar surface area (TPSA) is 140 Å². The molecule has 8 nitrogen and oxygen atoms in total. The smallest absolute Gasteiger partial charge is 0.294 e. The van der Waals surface area contributed by atoms with Crippen molar-refractivity contribution in [2.24, 2.45) is 16.5 Å². The van der Waals surface area contributed by atoms with Gasteiger partial charge in [0.2, 0.25) is 0 Å². The number of hydrogen-bond acceptors (Lipinski definition) is 4. The minimum absolute atomic E-state index is 0.0329. The van der Waals surface area contributed by atoms with Crippen molar-refractivity contribution < 1.29 is 14.4 Å². The van der Waals surface area contributed by atoms with Crippen molar-refractivity contribution in [1.29, 1.82) is 0 Å². The van der Waals surface area contributed by atoms with Crippen LogP contribution in [-0.2, 0) is 4.79 Å². The number of guanidine groups is 1. The first-order valence-corrected chi connectivity index (χ1v) is 10.6. The van der Waals surface area contributed by atoms with E-state index in [0.717, 1.165) is 10.8 Å². The summed E-state index contributed by atoms with van der Waals surface area (Å²) in [5.74, 6) is -2.32. The van der Waals surface area contributed by atoms with Crippen LogP contribution < -0.4 is 22.1 Å². The van der Waals surface area contributed by atoms with Gasteiger partial charge in [-0.2, -0.15) is 0 Å². The molecule has 0 aliphatic heterocycles. The first-order chi connectivity index (χ1) is 15.3. The van der Waals surface area contributed by atoms with E-state index in [1.807, 2.05) is 30.3 Å². The highest BCUT2D eigenvalue weighted by molar-refractivity contribution is 9.10. The van der Waals surface area contributed by atoms with Crippen molar-refractivity contribution >= 4 is 55.9 Å². The molecule has 0 heterocycles. The van der Waals surface area contributed by atoms with Crippen LogP contribution in [0, 0.1) is 0 Å². The number of carbonyl (C=O) groups is 3. The monoisotopic (exact) mass is 495 g/mol. The highest BCUT2D eigenvalue weighted by Crippen LogP contribution is 2.23. The van der Waals surface area contributed by atoms with Gasteiger partial charge < -0.3 is 22.1 Å². The quantitative estimate of drug-likeness (QED) is 0.172. The molecule has 0 radical (unpaired) electrons. The minimum Gasteiger partial charge on any atom is -0.370 e. The van der Waals surface area contributed by atoms with Gasteiger partial charge in [0.1, 0.15) is 6.17 Å². The van der Waals surface area contributed by atoms with Crippen LogP contribution in [0.4, 0.5) is 5.69 Å². The lowest BCUT2D eigenvalue weighted by atomic mass is 10.1. The zero-order valence-electron chi connectivity index (χ0n) is 17.3. The van der Waals surface area contributed by atoms with E-state index in [2.05, 4.69) is 31.6 Å². The number of halogens is 1. The molecule has 0 aliphatic rings. The predicted molar refractivity (Wildman–Crippen MR) is 128 cm³/mol. The van der Waals surface area contributed by atoms with Crippen molar-refractivity contribution in [3.05, 3.63) is 76.3 Å². The van der Waals surface area contributed by atoms with E-state index in [0.29, 0.717) is 16.5 Å². The molecule has 0 aliphatic carbocycles. The molecular formula is C23H22BrN5O3. The van der Waals surface area contributed by atoms with Crippen LogP contribution in [0.5, 0.6) is 0 Å². The van der Waals surface area contributed by atoms with E-state index < -0.39 is 23.8 Å². The van der Waals surface area contributed by atoms with E-state index in [1.165, 1.54) is 6.07 Å². The standard InChI is InChI=1S/C23H22BrN5O3/c1-2-19(29-23(25)26)28-22(32)20(30)17-12-16(24)9-10-18(17)27-21(31)15-8-7-13-5-3-4-6-14(13)11-15/h3-12,19H,2H2,1H3,(H,27,31)(H,28,32)(H4,25,26,29). The van der Waals surface area contributed by atoms with E-state index in [4.69, 9.17) is 11.5 Å². The van der Waals surface area contributed by atoms with Gasteiger partial charge in [-0.1, -0.05) is 53.2 Å². The van der Waals surface area contributed by atoms with Crippen LogP contribution in [0.15, 0.2) is 70.1 Å². The van der Waals surface area contributed by atoms with Crippen molar-refractivity contribution in [1.82, 2.24) is 5.32 Å². The van der Waals surface area contributed by atoms with Gasteiger partial charge in [-0.05, 0) is 47.5 Å². The molecule has 3 rings (SSSR count). The summed E-state index contributed by atoms with van der Waals surface area (Å²) in [6, 6.07) is 17.7. The maximum absolute atomic E-state index is 12.9. The third-order valence-electron chi connectivity index (χ3n) is 4.68. The van der Waals surface area contributed by atoms with Crippen LogP contribution in [0.3, 0.4) is 0 Å². The number of rotatable bonds is 7. The van der Waals surface area contributed by atoms with E-state index in [9.17, 15) is 14.4 Å². The minimum atomic E-state index is -0.888. The molecule has 6 N–H and O–H groups in total. The summed E-state index contributed by atoms with van der Waals surface area (Å²) in [4.78, 5) is 42.1. The maximum Gasteiger partial charge on any atom is 0.294 e. The number of amides is 2. The predicted octanol–water partition coefficient (Wildman–Crippen LogP) is 3.16. The maximum atomic E-state index is 12.9. The van der Waals surface area contributed by atoms with E-state index in [-0.39, 0.29) is 17.2 Å². The summed E-state index contributed by atoms with van der Waals surface area (Å²) in [5, 5.41) is 7.13. The molecule has 0 saturated heterocycles. The highest BCUT2D eigenvalue weighted by Gasteiger charge is 2.23. The van der Waals surface area contributed by atoms with Gasteiger partial charge in [0.25, 0.3) is 17.6 Å². The second-order valence-electron chi connectivity index (χ2n) is 6.99. The third kappa shape index (κ3) is 5.50. The molecule has 164 valence electrons. The molecule has 1 unspecified atom stereocenters. The average Bonchev–Trinajstić information content (AvgIpc) is 2.78. The van der Waals surface area contributed by atoms with Crippen LogP contribution in [0.1, 0.15) is 34.1 Å². The molecule has 9 heteroatoms. The summed E-state index contributed by atoms with van der Waals surface area (Å²) >= 11 is 3.30. The van der Waals surface area contributed by atoms with Crippen LogP contribution in [0.2, 0.25) is 0 Å². The van der Waals surface area contributed by atoms with Gasteiger partial charge in [0, 0.05) is 10.0 Å². The Morgan fingerprint density at radius 2 is 1.72 bits per heavy atom. The van der Waals surface area contributed by atoms with Gasteiger partial charge in [0.05, 0.1) is 11.3 Å². The number of anilines is 1. The van der Waals surface area contributed by atoms with Crippen molar-refractivity contribution in [3.63, 3.8) is 0 Å². The number of nitrogens with two attached hydrogens (primary N) is 2. The molecule has 0 fully saturated rings. The van der Waals surface area contributed by atoms with Crippen molar-refractivity contribution in [2.75, 3.05) is 5.32 Å². The second kappa shape index (κ2) is 10.1. The molecule has 0 saturated carbocycles. The number of ketones is 1. The van der Waals surface area contributed by atoms with Gasteiger partial charge in [-0.15, -0.1) is 0 Å². The molecule has 2 amide bonds. The Kier molecular flexibility index (Phi) is 7.21. The number of aliphatic imine (C=N–C) groups is 1. The van der Waals surface area contributed by atoms with Crippen molar-refractivity contribution in [2.45, 2.75) is 19.5 Å². The van der Waals surface area contributed by atoms with Crippen LogP contribution in [0.25, 0.3) is 10.8 Å². The summed E-state index contributed by atoms with van der Waals surface area (Å²) in [6.45, 7) is 1.76. The normalized spacial score (nSPS) is 11.4. The van der Waals surface area contributed by atoms with Crippen molar-refractivity contribution in [3.8, 4) is 0 Å². The van der Waals surface area contributed by atoms with Gasteiger partial charge in [0.15, 0.2) is 5.96 Å². The fourth-order valence-electron chi connectivity index (χ4n) is 3.08. The third-order valence-corrected chi connectivity index (χ3v) is 5.17. The lowest BCUT2D eigenvalue weighted by Gasteiger charge is -2.14. The number of carbonyl (C=O) groups excluding carboxylic acids is 3. The van der Waals surface area contributed by atoms with E-state index >= 15 is 0 Å². The first-order valence-electron chi connectivity index (χ1n) is 9.82. The zero-order chi connectivity index (χ0) is 23.3. The zero-order valence-corrected chi connectivity index (χ0v) is 18.8. The average molecular weight is 496 g/mol. The van der Waals surface area contributed by atoms with Crippen LogP contribution >= 0.6 is 15.9 Å². The molecule has 0 aromatic heterocycles. The molecule has 3 aromatic carbocycles. The summed E-state index contributed by atoms with van der Waals surface area (Å²) < 4.78 is 0.577. The van der Waals surface area contributed by atoms with Gasteiger partial charge in [-0.3, -0.25) is 14.4 Å². The molecular weight excluding hydrogens is 474 g/mol. The Balaban J connectivity index is 1.85. The Bertz CT molecular complexity index is 1220. The van der Waals surface area contributed by atoms with Gasteiger partial charge in [-0.25, -0.2) is 4.99 Å². The van der Waals surface area contributed by atoms with E-state index in [1.54, 1.807) is 31.2 Å². The number of fused-ring (bicyclic) bond motifs is 1. The Morgan fingerprint density at radius 1 is 1.00 bits per heavy atom. The molecule has 0 bridgehead atoms. The summed E-state index contributed by atoms with van der Waals surface area (Å²) in [6.07, 6.45) is -0.347. The summed E-state index contributed by atoms with van der Waals surface area (Å²) in [5.41, 5.74) is 11.4. The largest absolute Gasteiger partial charge is 0.370 e. The Labute approximate surface area is 193 Å². The number of nitrogens with zero attached hydrogens (tertiary/aromatic N) is 1. The molecule has 3 aromatic rings. The van der Waals surface area contributed by atoms with Gasteiger partial charge >= 0.3 is 0 Å². The Hall–Kier alpha value is -3.72. The second-order valence-corrected chi connectivity index (χ2v) is 7.90. The lowest BCUT2D eigenvalue weighted by molar-refractivity contribution is -0.117. The number of benzene rings is 3.